The van der Waals surface area contributed by atoms with E-state index in [4.69, 9.17) is 4.74 Å². The number of hydrogen-bond acceptors (Lipinski definition) is 2. The smallest absolute Gasteiger partial charge is 0.223 e. The van der Waals surface area contributed by atoms with Crippen molar-refractivity contribution in [2.75, 3.05) is 7.11 Å². The summed E-state index contributed by atoms with van der Waals surface area (Å²) in [6.07, 6.45) is 1.03. The highest BCUT2D eigenvalue weighted by Crippen LogP contribution is 2.37. The lowest BCUT2D eigenvalue weighted by atomic mass is 10.2. The molecule has 1 aromatic carbocycles. The van der Waals surface area contributed by atoms with E-state index in [0.717, 1.165) is 17.7 Å². The molecule has 1 aliphatic carbocycles. The summed E-state index contributed by atoms with van der Waals surface area (Å²) in [4.78, 5) is 11.6. The zero-order valence-corrected chi connectivity index (χ0v) is 9.69. The molecule has 0 bridgehead atoms. The molecule has 0 aromatic heterocycles. The van der Waals surface area contributed by atoms with Gasteiger partial charge in [-0.05, 0) is 30.0 Å². The maximum Gasteiger partial charge on any atom is 0.223 e. The van der Waals surface area contributed by atoms with E-state index in [1.165, 1.54) is 0 Å². The fraction of sp³-hybridized carbons (Fsp3) is 0.462. The highest BCUT2D eigenvalue weighted by atomic mass is 16.5. The van der Waals surface area contributed by atoms with Crippen molar-refractivity contribution in [1.29, 1.82) is 0 Å². The summed E-state index contributed by atoms with van der Waals surface area (Å²) in [7, 11) is 1.64. The Morgan fingerprint density at radius 3 is 2.94 bits per heavy atom. The Balaban J connectivity index is 1.86. The monoisotopic (exact) mass is 219 g/mol. The summed E-state index contributed by atoms with van der Waals surface area (Å²) in [6.45, 7) is 2.69. The van der Waals surface area contributed by atoms with Gasteiger partial charge in [0.15, 0.2) is 0 Å². The molecule has 2 rings (SSSR count). The van der Waals surface area contributed by atoms with Crippen LogP contribution in [0.5, 0.6) is 5.75 Å². The van der Waals surface area contributed by atoms with Crippen LogP contribution in [0.2, 0.25) is 0 Å². The minimum Gasteiger partial charge on any atom is -0.497 e. The predicted octanol–water partition coefficient (Wildman–Crippen LogP) is 1.97. The molecule has 1 fully saturated rings. The molecule has 1 aromatic rings. The number of carbonyl (C=O) groups is 1. The topological polar surface area (TPSA) is 38.3 Å². The molecular weight excluding hydrogens is 202 g/mol. The van der Waals surface area contributed by atoms with Gasteiger partial charge in [0.05, 0.1) is 7.11 Å². The van der Waals surface area contributed by atoms with E-state index in [9.17, 15) is 4.79 Å². The van der Waals surface area contributed by atoms with Crippen LogP contribution in [0, 0.1) is 11.8 Å². The van der Waals surface area contributed by atoms with E-state index in [1.54, 1.807) is 7.11 Å². The summed E-state index contributed by atoms with van der Waals surface area (Å²) in [5.41, 5.74) is 1.07. The van der Waals surface area contributed by atoms with Gasteiger partial charge in [0.1, 0.15) is 5.75 Å². The van der Waals surface area contributed by atoms with E-state index in [-0.39, 0.29) is 11.8 Å². The number of ether oxygens (including phenoxy) is 1. The van der Waals surface area contributed by atoms with Crippen molar-refractivity contribution in [2.45, 2.75) is 19.9 Å². The third-order valence-electron chi connectivity index (χ3n) is 3.05. The number of nitrogens with one attached hydrogen (secondary N) is 1. The van der Waals surface area contributed by atoms with Crippen LogP contribution in [0.25, 0.3) is 0 Å². The first-order valence-corrected chi connectivity index (χ1v) is 5.61. The molecule has 1 aliphatic rings. The molecule has 1 saturated carbocycles. The molecule has 0 radical (unpaired) electrons. The highest BCUT2D eigenvalue weighted by molar-refractivity contribution is 5.81. The fourth-order valence-electron chi connectivity index (χ4n) is 1.79. The Hall–Kier alpha value is -1.51. The van der Waals surface area contributed by atoms with Gasteiger partial charge in [-0.3, -0.25) is 4.79 Å². The first kappa shape index (κ1) is 11.0. The van der Waals surface area contributed by atoms with Crippen molar-refractivity contribution >= 4 is 5.91 Å². The van der Waals surface area contributed by atoms with Crippen molar-refractivity contribution in [2.24, 2.45) is 11.8 Å². The highest BCUT2D eigenvalue weighted by Gasteiger charge is 2.38. The Labute approximate surface area is 95.8 Å². The minimum atomic E-state index is 0.176. The Kier molecular flexibility index (Phi) is 3.13. The zero-order valence-electron chi connectivity index (χ0n) is 9.69. The van der Waals surface area contributed by atoms with Gasteiger partial charge in [0.25, 0.3) is 0 Å². The van der Waals surface area contributed by atoms with Crippen LogP contribution in [-0.4, -0.2) is 13.0 Å². The summed E-state index contributed by atoms with van der Waals surface area (Å²) in [5.74, 6) is 1.80. The number of benzene rings is 1. The molecule has 1 N–H and O–H groups in total. The molecule has 86 valence electrons. The first-order valence-electron chi connectivity index (χ1n) is 5.61. The third kappa shape index (κ3) is 2.54. The van der Waals surface area contributed by atoms with E-state index >= 15 is 0 Å². The van der Waals surface area contributed by atoms with Gasteiger partial charge in [-0.1, -0.05) is 19.1 Å². The van der Waals surface area contributed by atoms with E-state index in [0.29, 0.717) is 12.5 Å². The summed E-state index contributed by atoms with van der Waals surface area (Å²) >= 11 is 0. The standard InChI is InChI=1S/C13H17NO2/c1-9-6-12(9)13(15)14-8-10-4-3-5-11(7-10)16-2/h3-5,7,9,12H,6,8H2,1-2H3,(H,14,15)/t9-,12-/m1/s1. The minimum absolute atomic E-state index is 0.176. The van der Waals surface area contributed by atoms with Gasteiger partial charge in [-0.15, -0.1) is 0 Å². The van der Waals surface area contributed by atoms with Gasteiger partial charge in [-0.2, -0.15) is 0 Å². The molecule has 16 heavy (non-hydrogen) atoms. The van der Waals surface area contributed by atoms with Crippen LogP contribution < -0.4 is 10.1 Å². The van der Waals surface area contributed by atoms with E-state index in [1.807, 2.05) is 24.3 Å². The second kappa shape index (κ2) is 4.56. The Morgan fingerprint density at radius 1 is 1.56 bits per heavy atom. The molecule has 3 nitrogen and oxygen atoms in total. The number of methoxy groups -OCH3 is 1. The van der Waals surface area contributed by atoms with Crippen molar-refractivity contribution in [3.8, 4) is 5.75 Å². The van der Waals surface area contributed by atoms with E-state index in [2.05, 4.69) is 12.2 Å². The maximum atomic E-state index is 11.6. The normalized spacial score (nSPS) is 22.6. The van der Waals surface area contributed by atoms with Crippen LogP contribution >= 0.6 is 0 Å². The van der Waals surface area contributed by atoms with Crippen LogP contribution in [0.15, 0.2) is 24.3 Å². The maximum absolute atomic E-state index is 11.6. The van der Waals surface area contributed by atoms with Crippen molar-refractivity contribution in [3.63, 3.8) is 0 Å². The van der Waals surface area contributed by atoms with Gasteiger partial charge in [0.2, 0.25) is 5.91 Å². The van der Waals surface area contributed by atoms with Gasteiger partial charge >= 0.3 is 0 Å². The summed E-state index contributed by atoms with van der Waals surface area (Å²) < 4.78 is 5.13. The molecule has 2 atom stereocenters. The summed E-state index contributed by atoms with van der Waals surface area (Å²) in [5, 5.41) is 2.95. The molecule has 0 heterocycles. The molecular formula is C13H17NO2. The number of rotatable bonds is 4. The van der Waals surface area contributed by atoms with Crippen molar-refractivity contribution in [3.05, 3.63) is 29.8 Å². The van der Waals surface area contributed by atoms with Crippen LogP contribution in [0.3, 0.4) is 0 Å². The molecule has 0 aliphatic heterocycles. The molecule has 3 heteroatoms. The van der Waals surface area contributed by atoms with Crippen molar-refractivity contribution in [1.82, 2.24) is 5.32 Å². The van der Waals surface area contributed by atoms with E-state index < -0.39 is 0 Å². The lowest BCUT2D eigenvalue weighted by Gasteiger charge is -2.06. The largest absolute Gasteiger partial charge is 0.497 e. The molecule has 0 saturated heterocycles. The van der Waals surface area contributed by atoms with Crippen LogP contribution in [0.4, 0.5) is 0 Å². The number of amides is 1. The summed E-state index contributed by atoms with van der Waals surface area (Å²) in [6, 6.07) is 7.75. The average Bonchev–Trinajstić information content (AvgIpc) is 3.04. The lowest BCUT2D eigenvalue weighted by molar-refractivity contribution is -0.122. The zero-order chi connectivity index (χ0) is 11.5. The average molecular weight is 219 g/mol. The predicted molar refractivity (Wildman–Crippen MR) is 62.1 cm³/mol. The van der Waals surface area contributed by atoms with Crippen molar-refractivity contribution < 1.29 is 9.53 Å². The molecule has 0 spiro atoms. The first-order chi connectivity index (χ1) is 7.70. The molecule has 0 unspecified atom stereocenters. The lowest BCUT2D eigenvalue weighted by Crippen LogP contribution is -2.24. The van der Waals surface area contributed by atoms with Gasteiger partial charge in [0, 0.05) is 12.5 Å². The molecule has 1 amide bonds. The second-order valence-corrected chi connectivity index (χ2v) is 4.39. The fourth-order valence-corrected chi connectivity index (χ4v) is 1.79. The SMILES string of the molecule is COc1cccc(CNC(=O)[C@@H]2C[C@H]2C)c1. The van der Waals surface area contributed by atoms with Crippen LogP contribution in [0.1, 0.15) is 18.9 Å². The third-order valence-corrected chi connectivity index (χ3v) is 3.05. The Morgan fingerprint density at radius 2 is 2.31 bits per heavy atom. The second-order valence-electron chi connectivity index (χ2n) is 4.39. The van der Waals surface area contributed by atoms with Gasteiger partial charge in [-0.25, -0.2) is 0 Å². The number of carbonyl (C=O) groups excluding carboxylic acids is 1. The van der Waals surface area contributed by atoms with Crippen LogP contribution in [-0.2, 0) is 11.3 Å². The quantitative estimate of drug-likeness (QED) is 0.840. The van der Waals surface area contributed by atoms with Gasteiger partial charge < -0.3 is 10.1 Å². The Bertz CT molecular complexity index is 389. The number of hydrogen-bond donors (Lipinski definition) is 1.